The Morgan fingerprint density at radius 2 is 1.66 bits per heavy atom. The highest BCUT2D eigenvalue weighted by atomic mass is 32.1. The Hall–Kier alpha value is -4.37. The summed E-state index contributed by atoms with van der Waals surface area (Å²) in [6.45, 7) is 6.39. The lowest BCUT2D eigenvalue weighted by Crippen LogP contribution is -2.30. The molecule has 0 aromatic heterocycles. The molecule has 0 atom stereocenters. The molecule has 1 saturated heterocycles. The van der Waals surface area contributed by atoms with E-state index in [-0.39, 0.29) is 23.5 Å². The Balaban J connectivity index is 1.49. The minimum Gasteiger partial charge on any atom is -0.492 e. The van der Waals surface area contributed by atoms with Crippen LogP contribution in [0, 0.1) is 6.92 Å². The number of rotatable bonds is 10. The average molecular weight is 532 g/mol. The van der Waals surface area contributed by atoms with Crippen molar-refractivity contribution in [1.82, 2.24) is 5.32 Å². The summed E-state index contributed by atoms with van der Waals surface area (Å²) < 4.78 is 17.2. The summed E-state index contributed by atoms with van der Waals surface area (Å²) in [7, 11) is 0. The number of ether oxygens (including phenoxy) is 3. The van der Waals surface area contributed by atoms with Gasteiger partial charge in [0.1, 0.15) is 11.4 Å². The Bertz CT molecular complexity index is 1370. The third-order valence-electron chi connectivity index (χ3n) is 5.56. The summed E-state index contributed by atoms with van der Waals surface area (Å²) in [6.07, 6.45) is 1.69. The first kappa shape index (κ1) is 26.7. The molecule has 3 aromatic rings. The van der Waals surface area contributed by atoms with Gasteiger partial charge in [0.05, 0.1) is 18.9 Å². The van der Waals surface area contributed by atoms with E-state index < -0.39 is 0 Å². The second-order valence-electron chi connectivity index (χ2n) is 8.37. The number of hydrogen-bond donors (Lipinski definition) is 2. The van der Waals surface area contributed by atoms with Gasteiger partial charge >= 0.3 is 0 Å². The number of nitrogens with zero attached hydrogens (tertiary/aromatic N) is 1. The Morgan fingerprint density at radius 3 is 2.39 bits per heavy atom. The molecule has 0 bridgehead atoms. The highest BCUT2D eigenvalue weighted by Gasteiger charge is 2.33. The van der Waals surface area contributed by atoms with E-state index in [2.05, 4.69) is 10.6 Å². The fourth-order valence-electron chi connectivity index (χ4n) is 3.82. The predicted molar refractivity (Wildman–Crippen MR) is 152 cm³/mol. The van der Waals surface area contributed by atoms with Crippen molar-refractivity contribution in [2.24, 2.45) is 0 Å². The first-order valence-corrected chi connectivity index (χ1v) is 12.7. The van der Waals surface area contributed by atoms with Crippen LogP contribution in [0.5, 0.6) is 17.2 Å². The smallest absolute Gasteiger partial charge is 0.281 e. The van der Waals surface area contributed by atoms with Gasteiger partial charge < -0.3 is 24.8 Å². The maximum absolute atomic E-state index is 13.3. The zero-order valence-electron chi connectivity index (χ0n) is 21.4. The number of para-hydroxylation sites is 2. The normalized spacial score (nSPS) is 13.9. The van der Waals surface area contributed by atoms with E-state index >= 15 is 0 Å². The van der Waals surface area contributed by atoms with Gasteiger partial charge in [0.15, 0.2) is 23.2 Å². The third kappa shape index (κ3) is 6.30. The number of amides is 2. The molecule has 9 heteroatoms. The summed E-state index contributed by atoms with van der Waals surface area (Å²) in [5.41, 5.74) is 3.39. The Morgan fingerprint density at radius 1 is 0.947 bits per heavy atom. The van der Waals surface area contributed by atoms with Crippen molar-refractivity contribution in [3.05, 3.63) is 83.6 Å². The zero-order valence-corrected chi connectivity index (χ0v) is 22.3. The number of aryl methyl sites for hydroxylation is 1. The highest BCUT2D eigenvalue weighted by Crippen LogP contribution is 2.33. The standard InChI is InChI=1S/C29H29N3O5S/c1-4-35-24-9-7-6-8-23(24)32-28(34)22(31-29(32)38)16-20-12-15-25(26(17-20)36-5-2)37-18-27(33)30-21-13-10-19(3)11-14-21/h6-17H,4-5,18H2,1-3H3,(H,30,33)(H,31,38)/b22-16+. The van der Waals surface area contributed by atoms with Crippen molar-refractivity contribution in [3.8, 4) is 17.2 Å². The quantitative estimate of drug-likeness (QED) is 0.279. The monoisotopic (exact) mass is 531 g/mol. The molecule has 1 heterocycles. The molecule has 0 spiro atoms. The first-order chi connectivity index (χ1) is 18.4. The van der Waals surface area contributed by atoms with Crippen LogP contribution in [0.1, 0.15) is 25.0 Å². The molecule has 196 valence electrons. The second-order valence-corrected chi connectivity index (χ2v) is 8.76. The maximum atomic E-state index is 13.3. The van der Waals surface area contributed by atoms with Gasteiger partial charge in [-0.25, -0.2) is 4.90 Å². The van der Waals surface area contributed by atoms with E-state index in [0.717, 1.165) is 5.56 Å². The third-order valence-corrected chi connectivity index (χ3v) is 5.84. The molecule has 0 aliphatic carbocycles. The van der Waals surface area contributed by atoms with E-state index in [1.807, 2.05) is 57.2 Å². The Kier molecular flexibility index (Phi) is 8.60. The van der Waals surface area contributed by atoms with Gasteiger partial charge in [-0.15, -0.1) is 0 Å². The number of hydrogen-bond acceptors (Lipinski definition) is 6. The van der Waals surface area contributed by atoms with Gasteiger partial charge in [-0.05, 0) is 81.0 Å². The van der Waals surface area contributed by atoms with E-state index in [4.69, 9.17) is 26.4 Å². The molecule has 1 aliphatic rings. The van der Waals surface area contributed by atoms with Crippen LogP contribution in [0.15, 0.2) is 72.4 Å². The molecule has 1 aliphatic heterocycles. The van der Waals surface area contributed by atoms with Gasteiger partial charge in [-0.1, -0.05) is 35.9 Å². The molecule has 38 heavy (non-hydrogen) atoms. The number of carbonyl (C=O) groups excluding carboxylic acids is 2. The van der Waals surface area contributed by atoms with Gasteiger partial charge in [-0.2, -0.15) is 0 Å². The lowest BCUT2D eigenvalue weighted by atomic mass is 10.1. The lowest BCUT2D eigenvalue weighted by Gasteiger charge is -2.18. The van der Waals surface area contributed by atoms with Crippen molar-refractivity contribution >= 4 is 46.6 Å². The number of thiocarbonyl (C=S) groups is 1. The fourth-order valence-corrected chi connectivity index (χ4v) is 4.11. The number of anilines is 2. The number of carbonyl (C=O) groups is 2. The highest BCUT2D eigenvalue weighted by molar-refractivity contribution is 7.80. The van der Waals surface area contributed by atoms with Crippen LogP contribution in [0.2, 0.25) is 0 Å². The molecule has 8 nitrogen and oxygen atoms in total. The van der Waals surface area contributed by atoms with Gasteiger partial charge in [0.2, 0.25) is 0 Å². The average Bonchev–Trinajstić information content (AvgIpc) is 3.18. The van der Waals surface area contributed by atoms with Crippen molar-refractivity contribution in [2.75, 3.05) is 30.0 Å². The van der Waals surface area contributed by atoms with E-state index in [9.17, 15) is 9.59 Å². The molecule has 2 amide bonds. The Labute approximate surface area is 227 Å². The molecule has 0 unspecified atom stereocenters. The molecule has 2 N–H and O–H groups in total. The maximum Gasteiger partial charge on any atom is 0.281 e. The minimum absolute atomic E-state index is 0.184. The summed E-state index contributed by atoms with van der Waals surface area (Å²) in [5.74, 6) is 0.857. The minimum atomic E-state index is -0.298. The molecular weight excluding hydrogens is 502 g/mol. The summed E-state index contributed by atoms with van der Waals surface area (Å²) in [6, 6.07) is 20.0. The van der Waals surface area contributed by atoms with Crippen LogP contribution in [0.4, 0.5) is 11.4 Å². The van der Waals surface area contributed by atoms with Crippen molar-refractivity contribution in [2.45, 2.75) is 20.8 Å². The zero-order chi connectivity index (χ0) is 27.1. The van der Waals surface area contributed by atoms with Gasteiger partial charge in [0.25, 0.3) is 11.8 Å². The molecule has 4 rings (SSSR count). The second kappa shape index (κ2) is 12.2. The van der Waals surface area contributed by atoms with Crippen LogP contribution in [0.3, 0.4) is 0 Å². The lowest BCUT2D eigenvalue weighted by molar-refractivity contribution is -0.118. The molecule has 0 saturated carbocycles. The van der Waals surface area contributed by atoms with Gasteiger partial charge in [0, 0.05) is 5.69 Å². The van der Waals surface area contributed by atoms with E-state index in [0.29, 0.717) is 53.1 Å². The van der Waals surface area contributed by atoms with Crippen LogP contribution >= 0.6 is 12.2 Å². The SMILES string of the molecule is CCOc1cc(/C=C2/NC(=S)N(c3ccccc3OCC)C2=O)ccc1OCC(=O)Nc1ccc(C)cc1. The van der Waals surface area contributed by atoms with Crippen LogP contribution in [0.25, 0.3) is 6.08 Å². The molecular formula is C29H29N3O5S. The van der Waals surface area contributed by atoms with Crippen molar-refractivity contribution < 1.29 is 23.8 Å². The van der Waals surface area contributed by atoms with Crippen LogP contribution < -0.4 is 29.7 Å². The van der Waals surface area contributed by atoms with E-state index in [1.165, 1.54) is 4.90 Å². The first-order valence-electron chi connectivity index (χ1n) is 12.2. The van der Waals surface area contributed by atoms with Crippen LogP contribution in [-0.4, -0.2) is 36.7 Å². The number of benzene rings is 3. The largest absolute Gasteiger partial charge is 0.492 e. The van der Waals surface area contributed by atoms with E-state index in [1.54, 1.807) is 36.4 Å². The summed E-state index contributed by atoms with van der Waals surface area (Å²) in [4.78, 5) is 27.0. The van der Waals surface area contributed by atoms with Crippen molar-refractivity contribution in [3.63, 3.8) is 0 Å². The summed E-state index contributed by atoms with van der Waals surface area (Å²) in [5, 5.41) is 6.06. The van der Waals surface area contributed by atoms with Gasteiger partial charge in [-0.3, -0.25) is 9.59 Å². The molecule has 3 aromatic carbocycles. The topological polar surface area (TPSA) is 89.1 Å². The fraction of sp³-hybridized carbons (Fsp3) is 0.207. The molecule has 0 radical (unpaired) electrons. The molecule has 1 fully saturated rings. The number of nitrogens with one attached hydrogen (secondary N) is 2. The summed E-state index contributed by atoms with van der Waals surface area (Å²) >= 11 is 5.45. The predicted octanol–water partition coefficient (Wildman–Crippen LogP) is 5.07. The van der Waals surface area contributed by atoms with Crippen molar-refractivity contribution in [1.29, 1.82) is 0 Å². The van der Waals surface area contributed by atoms with Crippen LogP contribution in [-0.2, 0) is 9.59 Å².